The molecule has 20 heavy (non-hydrogen) atoms. The number of hydrogen-bond donors (Lipinski definition) is 1. The van der Waals surface area contributed by atoms with Gasteiger partial charge in [0.25, 0.3) is 0 Å². The van der Waals surface area contributed by atoms with E-state index in [1.807, 2.05) is 0 Å². The molecule has 0 radical (unpaired) electrons. The van der Waals surface area contributed by atoms with Crippen LogP contribution in [-0.2, 0) is 11.3 Å². The summed E-state index contributed by atoms with van der Waals surface area (Å²) in [6.07, 6.45) is 1.09. The summed E-state index contributed by atoms with van der Waals surface area (Å²) in [4.78, 5) is 24.8. The molecule has 0 aliphatic heterocycles. The largest absolute Gasteiger partial charge is 0.490 e. The molecule has 1 aromatic heterocycles. The van der Waals surface area contributed by atoms with Crippen molar-refractivity contribution in [1.82, 2.24) is 14.8 Å². The second-order valence-corrected chi connectivity index (χ2v) is 4.52. The fourth-order valence-electron chi connectivity index (χ4n) is 1.37. The Morgan fingerprint density at radius 2 is 2.20 bits per heavy atom. The van der Waals surface area contributed by atoms with Crippen LogP contribution in [0.5, 0.6) is 0 Å². The summed E-state index contributed by atoms with van der Waals surface area (Å²) >= 11 is 11.7. The topological polar surface area (TPSA) is 103 Å². The van der Waals surface area contributed by atoms with Crippen molar-refractivity contribution in [1.29, 1.82) is 0 Å². The van der Waals surface area contributed by atoms with Crippen LogP contribution in [0.2, 0.25) is 10.0 Å². The average Bonchev–Trinajstić information content (AvgIpc) is 2.82. The summed E-state index contributed by atoms with van der Waals surface area (Å²) in [5, 5.41) is 17.2. The molecular weight excluding hydrogens is 309 g/mol. The number of nitro groups is 1. The Morgan fingerprint density at radius 3 is 2.85 bits per heavy atom. The van der Waals surface area contributed by atoms with Crippen molar-refractivity contribution in [3.05, 3.63) is 44.7 Å². The van der Waals surface area contributed by atoms with Gasteiger partial charge >= 0.3 is 5.95 Å². The highest BCUT2D eigenvalue weighted by Gasteiger charge is 2.15. The number of hydrogen-bond acceptors (Lipinski definition) is 5. The minimum atomic E-state index is -0.748. The number of amides is 1. The molecule has 104 valence electrons. The average molecular weight is 316 g/mol. The van der Waals surface area contributed by atoms with Crippen LogP contribution in [0.4, 0.5) is 11.6 Å². The van der Waals surface area contributed by atoms with E-state index in [1.165, 1.54) is 6.07 Å². The first-order valence-electron chi connectivity index (χ1n) is 5.24. The van der Waals surface area contributed by atoms with Gasteiger partial charge in [0.15, 0.2) is 0 Å². The predicted octanol–water partition coefficient (Wildman–Crippen LogP) is 2.13. The fraction of sp³-hybridized carbons (Fsp3) is 0.100. The van der Waals surface area contributed by atoms with Gasteiger partial charge < -0.3 is 15.4 Å². The molecule has 0 aliphatic rings. The highest BCUT2D eigenvalue weighted by molar-refractivity contribution is 6.35. The zero-order chi connectivity index (χ0) is 14.7. The summed E-state index contributed by atoms with van der Waals surface area (Å²) in [5.41, 5.74) is 0.346. The van der Waals surface area contributed by atoms with Crippen LogP contribution in [-0.4, -0.2) is 25.6 Å². The van der Waals surface area contributed by atoms with Crippen molar-refractivity contribution in [2.75, 3.05) is 5.32 Å². The Bertz CT molecular complexity index is 673. The number of carbonyl (C=O) groups is 1. The number of anilines is 1. The Balaban J connectivity index is 2.05. The Morgan fingerprint density at radius 1 is 1.45 bits per heavy atom. The summed E-state index contributed by atoms with van der Waals surface area (Å²) in [5.74, 6) is -1.03. The predicted molar refractivity (Wildman–Crippen MR) is 71.8 cm³/mol. The molecular formula is C10H7Cl2N5O3. The first-order chi connectivity index (χ1) is 9.45. The molecule has 0 atom stereocenters. The van der Waals surface area contributed by atoms with Crippen LogP contribution in [0.1, 0.15) is 0 Å². The molecule has 0 saturated carbocycles. The minimum absolute atomic E-state index is 0.232. The minimum Gasteiger partial charge on any atom is -0.390 e. The van der Waals surface area contributed by atoms with Gasteiger partial charge in [-0.2, -0.15) is 4.68 Å². The quantitative estimate of drug-likeness (QED) is 0.687. The van der Waals surface area contributed by atoms with E-state index < -0.39 is 16.8 Å². The zero-order valence-electron chi connectivity index (χ0n) is 9.79. The molecule has 2 rings (SSSR count). The van der Waals surface area contributed by atoms with E-state index in [9.17, 15) is 14.9 Å². The number of nitrogens with one attached hydrogen (secondary N) is 1. The van der Waals surface area contributed by atoms with Gasteiger partial charge in [-0.05, 0) is 23.1 Å². The van der Waals surface area contributed by atoms with Gasteiger partial charge in [-0.1, -0.05) is 28.2 Å². The van der Waals surface area contributed by atoms with Crippen molar-refractivity contribution in [2.24, 2.45) is 0 Å². The Kier molecular flexibility index (Phi) is 4.16. The van der Waals surface area contributed by atoms with Gasteiger partial charge in [0.2, 0.25) is 12.2 Å². The number of aromatic nitrogens is 3. The maximum atomic E-state index is 11.8. The van der Waals surface area contributed by atoms with E-state index >= 15 is 0 Å². The zero-order valence-corrected chi connectivity index (χ0v) is 11.3. The van der Waals surface area contributed by atoms with E-state index in [0.29, 0.717) is 15.7 Å². The van der Waals surface area contributed by atoms with Crippen molar-refractivity contribution >= 4 is 40.7 Å². The molecule has 0 bridgehead atoms. The lowest BCUT2D eigenvalue weighted by Gasteiger charge is -2.06. The van der Waals surface area contributed by atoms with Crippen molar-refractivity contribution < 1.29 is 9.72 Å². The molecule has 1 heterocycles. The Hall–Kier alpha value is -2.19. The third-order valence-corrected chi connectivity index (χ3v) is 2.76. The van der Waals surface area contributed by atoms with Crippen LogP contribution in [0.15, 0.2) is 24.5 Å². The maximum Gasteiger partial charge on any atom is 0.490 e. The SMILES string of the molecule is O=C(Cn1cnc([N+](=O)[O-])n1)Nc1cc(Cl)ccc1Cl. The van der Waals surface area contributed by atoms with Crippen molar-refractivity contribution in [3.63, 3.8) is 0 Å². The standard InChI is InChI=1S/C10H7Cl2N5O3/c11-6-1-2-7(12)8(3-6)14-9(18)4-16-5-13-10(15-16)17(19)20/h1-3,5H,4H2,(H,14,18). The first kappa shape index (κ1) is 14.2. The number of halogens is 2. The third kappa shape index (κ3) is 3.43. The summed E-state index contributed by atoms with van der Waals surface area (Å²) in [6, 6.07) is 4.62. The molecule has 1 N–H and O–H groups in total. The number of carbonyl (C=O) groups excluding carboxylic acids is 1. The van der Waals surface area contributed by atoms with E-state index in [2.05, 4.69) is 15.4 Å². The monoisotopic (exact) mass is 315 g/mol. The molecule has 1 aromatic carbocycles. The molecule has 0 saturated heterocycles. The maximum absolute atomic E-state index is 11.8. The molecule has 8 nitrogen and oxygen atoms in total. The van der Waals surface area contributed by atoms with Crippen LogP contribution in [0.3, 0.4) is 0 Å². The molecule has 10 heteroatoms. The molecule has 0 fully saturated rings. The number of rotatable bonds is 4. The van der Waals surface area contributed by atoms with Gasteiger partial charge in [0.1, 0.15) is 6.54 Å². The van der Waals surface area contributed by atoms with Gasteiger partial charge in [0, 0.05) is 10.1 Å². The normalized spacial score (nSPS) is 10.3. The summed E-state index contributed by atoms with van der Waals surface area (Å²) in [6.45, 7) is -0.232. The van der Waals surface area contributed by atoms with Gasteiger partial charge in [-0.3, -0.25) is 4.79 Å². The summed E-state index contributed by atoms with van der Waals surface area (Å²) < 4.78 is 1.05. The van der Waals surface area contributed by atoms with Gasteiger partial charge in [-0.25, -0.2) is 0 Å². The molecule has 1 amide bonds. The van der Waals surface area contributed by atoms with E-state index in [1.54, 1.807) is 12.1 Å². The molecule has 2 aromatic rings. The second-order valence-electron chi connectivity index (χ2n) is 3.67. The lowest BCUT2D eigenvalue weighted by molar-refractivity contribution is -0.394. The van der Waals surface area contributed by atoms with Crippen LogP contribution in [0.25, 0.3) is 0 Å². The van der Waals surface area contributed by atoms with Gasteiger partial charge in [0.05, 0.1) is 10.7 Å². The lowest BCUT2D eigenvalue weighted by atomic mass is 10.3. The second kappa shape index (κ2) is 5.85. The molecule has 0 unspecified atom stereocenters. The number of benzene rings is 1. The smallest absolute Gasteiger partial charge is 0.390 e. The van der Waals surface area contributed by atoms with Crippen molar-refractivity contribution in [3.8, 4) is 0 Å². The molecule has 0 spiro atoms. The lowest BCUT2D eigenvalue weighted by Crippen LogP contribution is -2.19. The highest BCUT2D eigenvalue weighted by Crippen LogP contribution is 2.25. The van der Waals surface area contributed by atoms with E-state index in [-0.39, 0.29) is 6.54 Å². The van der Waals surface area contributed by atoms with Crippen LogP contribution < -0.4 is 5.32 Å². The van der Waals surface area contributed by atoms with Crippen molar-refractivity contribution in [2.45, 2.75) is 6.54 Å². The van der Waals surface area contributed by atoms with E-state index in [4.69, 9.17) is 23.2 Å². The van der Waals surface area contributed by atoms with Gasteiger partial charge in [-0.15, -0.1) is 0 Å². The first-order valence-corrected chi connectivity index (χ1v) is 6.00. The summed E-state index contributed by atoms with van der Waals surface area (Å²) in [7, 11) is 0. The number of nitrogens with zero attached hydrogens (tertiary/aromatic N) is 4. The van der Waals surface area contributed by atoms with E-state index in [0.717, 1.165) is 11.0 Å². The third-order valence-electron chi connectivity index (χ3n) is 2.20. The van der Waals surface area contributed by atoms with Crippen LogP contribution in [0, 0.1) is 10.1 Å². The van der Waals surface area contributed by atoms with Crippen LogP contribution >= 0.6 is 23.2 Å². The Labute approximate surface area is 122 Å². The highest BCUT2D eigenvalue weighted by atomic mass is 35.5. The molecule has 0 aliphatic carbocycles. The fourth-order valence-corrected chi connectivity index (χ4v) is 1.71.